The Morgan fingerprint density at radius 3 is 2.00 bits per heavy atom. The van der Waals surface area contributed by atoms with Gasteiger partial charge in [0.15, 0.2) is 0 Å². The van der Waals surface area contributed by atoms with Crippen LogP contribution in [-0.4, -0.2) is 50.8 Å². The number of carboxylic acids is 1. The number of aliphatic carboxylic acids is 1. The molecular weight excluding hydrogens is 570 g/mol. The Morgan fingerprint density at radius 1 is 0.864 bits per heavy atom. The number of hydrogen-bond donors (Lipinski definition) is 2. The van der Waals surface area contributed by atoms with Crippen LogP contribution in [-0.2, 0) is 17.8 Å². The molecule has 3 aromatic carbocycles. The first-order valence-corrected chi connectivity index (χ1v) is 14.5. The van der Waals surface area contributed by atoms with Crippen molar-refractivity contribution in [3.05, 3.63) is 108 Å². The number of rotatable bonds is 13. The zero-order chi connectivity index (χ0) is 31.1. The van der Waals surface area contributed by atoms with Gasteiger partial charge in [-0.2, -0.15) is 0 Å². The van der Waals surface area contributed by atoms with Gasteiger partial charge in [-0.3, -0.25) is 4.79 Å². The van der Waals surface area contributed by atoms with Crippen LogP contribution in [0.4, 0.5) is 4.39 Å². The number of aromatic nitrogens is 1. The number of hydrogen-bond acceptors (Lipinski definition) is 5. The van der Waals surface area contributed by atoms with Gasteiger partial charge in [0.2, 0.25) is 0 Å². The Kier molecular flexibility index (Phi) is 12.9. The van der Waals surface area contributed by atoms with Crippen LogP contribution in [0.15, 0.2) is 84.9 Å². The number of carbonyl (C=O) groups excluding carboxylic acids is 2. The van der Waals surface area contributed by atoms with Crippen molar-refractivity contribution < 1.29 is 58.9 Å². The molecule has 1 aromatic heterocycles. The molecule has 44 heavy (non-hydrogen) atoms. The van der Waals surface area contributed by atoms with Crippen LogP contribution in [0.3, 0.4) is 0 Å². The summed E-state index contributed by atoms with van der Waals surface area (Å²) in [6.45, 7) is 4.37. The zero-order valence-electron chi connectivity index (χ0n) is 25.7. The van der Waals surface area contributed by atoms with E-state index in [1.807, 2.05) is 79.1 Å². The van der Waals surface area contributed by atoms with Crippen LogP contribution in [0.25, 0.3) is 22.3 Å². The van der Waals surface area contributed by atoms with Gasteiger partial charge in [0.1, 0.15) is 11.5 Å². The van der Waals surface area contributed by atoms with E-state index in [1.54, 1.807) is 24.1 Å². The van der Waals surface area contributed by atoms with E-state index in [9.17, 15) is 29.3 Å². The molecule has 0 bridgehead atoms. The van der Waals surface area contributed by atoms with E-state index in [2.05, 4.69) is 0 Å². The molecule has 0 saturated heterocycles. The molecule has 0 spiro atoms. The first-order chi connectivity index (χ1) is 20.6. The SMILES string of the molecule is CC(C)n1c(CC[C@@H](O)C[C@@H](O)CC(=O)[O-])c(-c2ccc(F)cc2)c(-c2ccccc2)c1C(=O)N(C)Cc1ccccc1.[Na+]. The third-order valence-electron chi connectivity index (χ3n) is 7.49. The van der Waals surface area contributed by atoms with Crippen molar-refractivity contribution >= 4 is 11.9 Å². The van der Waals surface area contributed by atoms with E-state index in [-0.39, 0.29) is 60.2 Å². The van der Waals surface area contributed by atoms with Gasteiger partial charge >= 0.3 is 29.6 Å². The molecule has 9 heteroatoms. The van der Waals surface area contributed by atoms with Crippen LogP contribution in [0.2, 0.25) is 0 Å². The smallest absolute Gasteiger partial charge is 0.550 e. The average molecular weight is 609 g/mol. The molecule has 7 nitrogen and oxygen atoms in total. The number of carboxylic acid groups (broad SMARTS) is 1. The largest absolute Gasteiger partial charge is 1.00 e. The van der Waals surface area contributed by atoms with Crippen molar-refractivity contribution in [2.24, 2.45) is 0 Å². The van der Waals surface area contributed by atoms with E-state index in [0.29, 0.717) is 24.2 Å². The second-order valence-electron chi connectivity index (χ2n) is 11.2. The topological polar surface area (TPSA) is 106 Å². The molecule has 1 amide bonds. The Balaban J connectivity index is 0.00000529. The molecule has 0 unspecified atom stereocenters. The van der Waals surface area contributed by atoms with Crippen LogP contribution >= 0.6 is 0 Å². The van der Waals surface area contributed by atoms with Crippen LogP contribution in [0.1, 0.15) is 60.9 Å². The summed E-state index contributed by atoms with van der Waals surface area (Å²) in [5, 5.41) is 31.7. The molecule has 0 aliphatic carbocycles. The summed E-state index contributed by atoms with van der Waals surface area (Å²) in [5.74, 6) is -1.95. The standard InChI is InChI=1S/C35H39FN2O5.Na/c1-23(2)38-30(19-18-28(39)20-29(40)21-31(41)42)32(26-14-16-27(36)17-15-26)33(25-12-8-5-9-13-25)34(38)35(43)37(3)22-24-10-6-4-7-11-24;/h4-17,23,28-29,39-40H,18-22H2,1-3H3,(H,41,42);/q;+1/p-1/t28-,29-;/m1./s1. The van der Waals surface area contributed by atoms with Crippen molar-refractivity contribution in [1.29, 1.82) is 0 Å². The first kappa shape index (κ1) is 35.2. The summed E-state index contributed by atoms with van der Waals surface area (Å²) in [4.78, 5) is 27.0. The van der Waals surface area contributed by atoms with Crippen LogP contribution < -0.4 is 34.7 Å². The van der Waals surface area contributed by atoms with Gasteiger partial charge in [0.25, 0.3) is 5.91 Å². The fourth-order valence-electron chi connectivity index (χ4n) is 5.60. The quantitative estimate of drug-likeness (QED) is 0.226. The van der Waals surface area contributed by atoms with Gasteiger partial charge in [-0.1, -0.05) is 72.8 Å². The predicted molar refractivity (Wildman–Crippen MR) is 162 cm³/mol. The fourth-order valence-corrected chi connectivity index (χ4v) is 5.60. The van der Waals surface area contributed by atoms with Gasteiger partial charge in [-0.05, 0) is 61.9 Å². The minimum atomic E-state index is -1.39. The number of nitrogens with zero attached hydrogens (tertiary/aromatic N) is 2. The van der Waals surface area contributed by atoms with Gasteiger partial charge in [0.05, 0.1) is 12.2 Å². The summed E-state index contributed by atoms with van der Waals surface area (Å²) < 4.78 is 16.1. The third kappa shape index (κ3) is 8.67. The predicted octanol–water partition coefficient (Wildman–Crippen LogP) is 2.00. The normalized spacial score (nSPS) is 12.4. The Morgan fingerprint density at radius 2 is 1.43 bits per heavy atom. The number of aliphatic hydroxyl groups is 2. The number of aliphatic hydroxyl groups excluding tert-OH is 2. The molecule has 0 aliphatic heterocycles. The van der Waals surface area contributed by atoms with Crippen molar-refractivity contribution in [2.75, 3.05) is 7.05 Å². The summed E-state index contributed by atoms with van der Waals surface area (Å²) in [6, 6.07) is 25.3. The van der Waals surface area contributed by atoms with E-state index >= 15 is 0 Å². The maximum absolute atomic E-state index is 14.4. The second-order valence-corrected chi connectivity index (χ2v) is 11.2. The number of carbonyl (C=O) groups is 2. The molecule has 0 radical (unpaired) electrons. The van der Waals surface area contributed by atoms with Crippen molar-refractivity contribution in [2.45, 2.75) is 64.3 Å². The van der Waals surface area contributed by atoms with Gasteiger partial charge < -0.3 is 29.6 Å². The third-order valence-corrected chi connectivity index (χ3v) is 7.49. The average Bonchev–Trinajstić information content (AvgIpc) is 3.32. The second kappa shape index (κ2) is 16.2. The van der Waals surface area contributed by atoms with Crippen LogP contribution in [0, 0.1) is 5.82 Å². The summed E-state index contributed by atoms with van der Waals surface area (Å²) in [7, 11) is 1.77. The van der Waals surface area contributed by atoms with Crippen molar-refractivity contribution in [3.63, 3.8) is 0 Å². The van der Waals surface area contributed by atoms with E-state index < -0.39 is 24.6 Å². The summed E-state index contributed by atoms with van der Waals surface area (Å²) in [5.41, 5.74) is 5.28. The monoisotopic (exact) mass is 608 g/mol. The Bertz CT molecular complexity index is 1520. The van der Waals surface area contributed by atoms with Gasteiger partial charge in [0, 0.05) is 48.8 Å². The van der Waals surface area contributed by atoms with E-state index in [0.717, 1.165) is 27.9 Å². The molecule has 0 aliphatic rings. The number of benzene rings is 3. The van der Waals surface area contributed by atoms with Crippen molar-refractivity contribution in [1.82, 2.24) is 9.47 Å². The Hall–Kier alpha value is -3.27. The molecule has 4 aromatic rings. The summed E-state index contributed by atoms with van der Waals surface area (Å²) >= 11 is 0. The maximum Gasteiger partial charge on any atom is 1.00 e. The molecule has 0 fully saturated rings. The maximum atomic E-state index is 14.4. The fraction of sp³-hybridized carbons (Fsp3) is 0.314. The Labute approximate surface area is 280 Å². The summed E-state index contributed by atoms with van der Waals surface area (Å²) in [6.07, 6.45) is -2.40. The number of amides is 1. The molecule has 0 saturated carbocycles. The van der Waals surface area contributed by atoms with Crippen molar-refractivity contribution in [3.8, 4) is 22.3 Å². The molecule has 2 N–H and O–H groups in total. The molecule has 4 rings (SSSR count). The molecular formula is C35H38FN2NaO5. The minimum absolute atomic E-state index is 0. The number of halogens is 1. The molecule has 226 valence electrons. The zero-order valence-corrected chi connectivity index (χ0v) is 27.7. The van der Waals surface area contributed by atoms with Crippen LogP contribution in [0.5, 0.6) is 0 Å². The molecule has 1 heterocycles. The van der Waals surface area contributed by atoms with Gasteiger partial charge in [-0.15, -0.1) is 0 Å². The first-order valence-electron chi connectivity index (χ1n) is 14.5. The van der Waals surface area contributed by atoms with E-state index in [4.69, 9.17) is 0 Å². The minimum Gasteiger partial charge on any atom is -0.550 e. The molecule has 2 atom stereocenters. The van der Waals surface area contributed by atoms with Gasteiger partial charge in [-0.25, -0.2) is 4.39 Å². The van der Waals surface area contributed by atoms with E-state index in [1.165, 1.54) is 12.1 Å².